The van der Waals surface area contributed by atoms with Gasteiger partial charge in [-0.15, -0.1) is 5.53 Å². The largest absolute Gasteiger partial charge is 0.294 e. The summed E-state index contributed by atoms with van der Waals surface area (Å²) in [6.45, 7) is 0. The molecule has 0 aliphatic rings. The molecule has 0 amide bonds. The van der Waals surface area contributed by atoms with Crippen LogP contribution in [0, 0.1) is 5.53 Å². The summed E-state index contributed by atoms with van der Waals surface area (Å²) in [4.78, 5) is 1.68. The van der Waals surface area contributed by atoms with E-state index in [1.54, 1.807) is 23.1 Å². The van der Waals surface area contributed by atoms with Crippen LogP contribution >= 0.6 is 0 Å². The average Bonchev–Trinajstić information content (AvgIpc) is 2.06. The Hall–Kier alpha value is -1.56. The molecule has 0 unspecified atom stereocenters. The predicted molar refractivity (Wildman–Crippen MR) is 45.7 cm³/mol. The van der Waals surface area contributed by atoms with E-state index in [9.17, 15) is 8.42 Å². The Morgan fingerprint density at radius 3 is 1.92 bits per heavy atom. The molecular weight excluding hydrogens is 194 g/mol. The van der Waals surface area contributed by atoms with Gasteiger partial charge in [0.1, 0.15) is 0 Å². The Kier molecular flexibility index (Phi) is 4.53. The molecule has 0 atom stereocenters. The van der Waals surface area contributed by atoms with Crippen LogP contribution in [0.5, 0.6) is 0 Å². The first-order chi connectivity index (χ1) is 6.02. The molecule has 0 aliphatic heterocycles. The van der Waals surface area contributed by atoms with E-state index in [1.807, 2.05) is 0 Å². The van der Waals surface area contributed by atoms with Crippen molar-refractivity contribution in [2.45, 2.75) is 4.90 Å². The third-order valence-corrected chi connectivity index (χ3v) is 1.91. The Bertz CT molecular complexity index is 381. The Balaban J connectivity index is 0.000000424. The number of rotatable bonds is 1. The Morgan fingerprint density at radius 1 is 1.31 bits per heavy atom. The SMILES string of the molecule is O=S(=O)(O)c1ccccc1.[N-]=[N+]=N. The van der Waals surface area contributed by atoms with Crippen molar-refractivity contribution in [3.05, 3.63) is 40.8 Å². The smallest absolute Gasteiger partial charge is 0.282 e. The van der Waals surface area contributed by atoms with Crippen molar-refractivity contribution < 1.29 is 13.0 Å². The zero-order chi connectivity index (χ0) is 10.3. The van der Waals surface area contributed by atoms with Gasteiger partial charge in [-0.05, 0) is 22.6 Å². The Labute approximate surface area is 75.0 Å². The lowest BCUT2D eigenvalue weighted by molar-refractivity contribution is 0.483. The minimum Gasteiger partial charge on any atom is -0.282 e. The van der Waals surface area contributed by atoms with Crippen LogP contribution in [0.4, 0.5) is 0 Å². The highest BCUT2D eigenvalue weighted by Crippen LogP contribution is 2.05. The van der Waals surface area contributed by atoms with Crippen molar-refractivity contribution in [2.24, 2.45) is 0 Å². The number of hydrogen-bond donors (Lipinski definition) is 2. The van der Waals surface area contributed by atoms with Crippen molar-refractivity contribution >= 4 is 10.1 Å². The van der Waals surface area contributed by atoms with Gasteiger partial charge in [-0.3, -0.25) is 4.55 Å². The monoisotopic (exact) mass is 201 g/mol. The van der Waals surface area contributed by atoms with Gasteiger partial charge in [0.15, 0.2) is 0 Å². The van der Waals surface area contributed by atoms with Crippen LogP contribution in [0.2, 0.25) is 0 Å². The van der Waals surface area contributed by atoms with Gasteiger partial charge in [0.25, 0.3) is 10.1 Å². The van der Waals surface area contributed by atoms with E-state index < -0.39 is 10.1 Å². The fourth-order valence-electron chi connectivity index (χ4n) is 0.592. The molecule has 70 valence electrons. The number of hydrogen-bond acceptors (Lipinski definition) is 3. The van der Waals surface area contributed by atoms with E-state index >= 15 is 0 Å². The van der Waals surface area contributed by atoms with Crippen LogP contribution in [0.1, 0.15) is 0 Å². The van der Waals surface area contributed by atoms with Crippen LogP contribution in [0.15, 0.2) is 35.2 Å². The van der Waals surface area contributed by atoms with Crippen LogP contribution in [0.3, 0.4) is 0 Å². The standard InChI is InChI=1S/C6H6O3S.HN3/c7-10(8,9)6-4-2-1-3-5-6;1-3-2/h1-5H,(H,7,8,9);1H. The molecule has 0 heterocycles. The van der Waals surface area contributed by atoms with Gasteiger partial charge in [0.2, 0.25) is 0 Å². The maximum absolute atomic E-state index is 10.4. The van der Waals surface area contributed by atoms with Gasteiger partial charge in [0.05, 0.1) is 4.90 Å². The maximum atomic E-state index is 10.4. The highest BCUT2D eigenvalue weighted by Gasteiger charge is 2.05. The van der Waals surface area contributed by atoms with Crippen molar-refractivity contribution in [2.75, 3.05) is 0 Å². The molecule has 1 rings (SSSR count). The fourth-order valence-corrected chi connectivity index (χ4v) is 1.09. The summed E-state index contributed by atoms with van der Waals surface area (Å²) in [5, 5.41) is 0. The number of nitrogens with zero attached hydrogens (tertiary/aromatic N) is 2. The molecule has 0 spiro atoms. The molecule has 1 aromatic rings. The molecule has 0 aromatic heterocycles. The molecule has 2 N–H and O–H groups in total. The second kappa shape index (κ2) is 5.15. The second-order valence-corrected chi connectivity index (χ2v) is 3.31. The van der Waals surface area contributed by atoms with Crippen molar-refractivity contribution in [1.29, 1.82) is 5.53 Å². The summed E-state index contributed by atoms with van der Waals surface area (Å²) in [5.74, 6) is 0. The summed E-state index contributed by atoms with van der Waals surface area (Å²) in [6, 6.07) is 7.42. The second-order valence-electron chi connectivity index (χ2n) is 1.89. The molecule has 13 heavy (non-hydrogen) atoms. The van der Waals surface area contributed by atoms with E-state index in [4.69, 9.17) is 15.6 Å². The van der Waals surface area contributed by atoms with E-state index in [-0.39, 0.29) is 4.90 Å². The van der Waals surface area contributed by atoms with Gasteiger partial charge < -0.3 is 0 Å². The first kappa shape index (κ1) is 11.4. The van der Waals surface area contributed by atoms with Crippen LogP contribution in [-0.2, 0) is 10.1 Å². The van der Waals surface area contributed by atoms with E-state index in [0.717, 1.165) is 0 Å². The minimum absolute atomic E-state index is 0.0741. The molecule has 0 saturated heterocycles. The summed E-state index contributed by atoms with van der Waals surface area (Å²) in [6.07, 6.45) is 0. The van der Waals surface area contributed by atoms with Gasteiger partial charge in [-0.25, -0.2) is 0 Å². The zero-order valence-electron chi connectivity index (χ0n) is 6.45. The van der Waals surface area contributed by atoms with Crippen molar-refractivity contribution in [3.63, 3.8) is 0 Å². The summed E-state index contributed by atoms with van der Waals surface area (Å²) in [5.41, 5.74) is 12.2. The highest BCUT2D eigenvalue weighted by atomic mass is 32.2. The molecule has 7 heteroatoms. The molecule has 6 nitrogen and oxygen atoms in total. The lowest BCUT2D eigenvalue weighted by atomic mass is 10.4. The third kappa shape index (κ3) is 4.81. The first-order valence-electron chi connectivity index (χ1n) is 3.05. The molecule has 1 aromatic carbocycles. The fraction of sp³-hybridized carbons (Fsp3) is 0. The van der Waals surface area contributed by atoms with Gasteiger partial charge in [0, 0.05) is 0 Å². The van der Waals surface area contributed by atoms with Gasteiger partial charge in [-0.1, -0.05) is 18.2 Å². The summed E-state index contributed by atoms with van der Waals surface area (Å²) in [7, 11) is -4.00. The molecule has 0 saturated carbocycles. The molecule has 0 bridgehead atoms. The molecule has 0 fully saturated rings. The van der Waals surface area contributed by atoms with Crippen molar-refractivity contribution in [3.8, 4) is 0 Å². The molecule has 0 aliphatic carbocycles. The zero-order valence-corrected chi connectivity index (χ0v) is 7.27. The minimum atomic E-state index is -4.00. The number of benzene rings is 1. The molecular formula is C6H7N3O3S. The maximum Gasteiger partial charge on any atom is 0.294 e. The van der Waals surface area contributed by atoms with E-state index in [2.05, 4.69) is 0 Å². The van der Waals surface area contributed by atoms with E-state index in [1.165, 1.54) is 12.1 Å². The normalized spacial score (nSPS) is 9.31. The lowest BCUT2D eigenvalue weighted by Crippen LogP contribution is -1.96. The Morgan fingerprint density at radius 2 is 1.69 bits per heavy atom. The first-order valence-corrected chi connectivity index (χ1v) is 4.49. The summed E-state index contributed by atoms with van der Waals surface area (Å²) >= 11 is 0. The van der Waals surface area contributed by atoms with E-state index in [0.29, 0.717) is 0 Å². The van der Waals surface area contributed by atoms with Crippen LogP contribution < -0.4 is 0 Å². The lowest BCUT2D eigenvalue weighted by Gasteiger charge is -1.92. The quantitative estimate of drug-likeness (QED) is 0.312. The number of nitrogens with one attached hydrogen (secondary N) is 1. The van der Waals surface area contributed by atoms with Gasteiger partial charge >= 0.3 is 0 Å². The summed E-state index contributed by atoms with van der Waals surface area (Å²) < 4.78 is 29.2. The average molecular weight is 201 g/mol. The van der Waals surface area contributed by atoms with Crippen LogP contribution in [0.25, 0.3) is 10.4 Å². The third-order valence-electron chi connectivity index (χ3n) is 1.04. The van der Waals surface area contributed by atoms with Gasteiger partial charge in [-0.2, -0.15) is 8.42 Å². The predicted octanol–water partition coefficient (Wildman–Crippen LogP) is 1.81. The highest BCUT2D eigenvalue weighted by molar-refractivity contribution is 7.85. The van der Waals surface area contributed by atoms with Crippen molar-refractivity contribution in [1.82, 2.24) is 0 Å². The molecule has 0 radical (unpaired) electrons. The van der Waals surface area contributed by atoms with Crippen LogP contribution in [-0.4, -0.2) is 13.0 Å². The topological polar surface area (TPSA) is 115 Å².